The predicted octanol–water partition coefficient (Wildman–Crippen LogP) is 4.51. The second-order valence-electron chi connectivity index (χ2n) is 8.40. The van der Waals surface area contributed by atoms with Crippen LogP contribution in [0.2, 0.25) is 0 Å². The molecule has 0 aromatic heterocycles. The van der Waals surface area contributed by atoms with E-state index in [1.54, 1.807) is 0 Å². The van der Waals surface area contributed by atoms with Gasteiger partial charge in [0.25, 0.3) is 0 Å². The summed E-state index contributed by atoms with van der Waals surface area (Å²) >= 11 is 0. The van der Waals surface area contributed by atoms with Gasteiger partial charge in [-0.15, -0.1) is 0 Å². The third-order valence-corrected chi connectivity index (χ3v) is 5.89. The minimum absolute atomic E-state index is 0.108. The van der Waals surface area contributed by atoms with Crippen LogP contribution >= 0.6 is 0 Å². The van der Waals surface area contributed by atoms with Crippen molar-refractivity contribution in [1.29, 1.82) is 0 Å². The van der Waals surface area contributed by atoms with Crippen molar-refractivity contribution in [1.82, 2.24) is 5.32 Å². The third kappa shape index (κ3) is 8.48. The van der Waals surface area contributed by atoms with Crippen LogP contribution in [0.25, 0.3) is 0 Å². The van der Waals surface area contributed by atoms with Crippen molar-refractivity contribution >= 4 is 18.3 Å². The summed E-state index contributed by atoms with van der Waals surface area (Å²) in [4.78, 5) is 35.9. The summed E-state index contributed by atoms with van der Waals surface area (Å²) in [6, 6.07) is 8.75. The molecule has 1 aliphatic heterocycles. The van der Waals surface area contributed by atoms with E-state index in [4.69, 9.17) is 9.47 Å². The Morgan fingerprint density at radius 1 is 1.22 bits per heavy atom. The van der Waals surface area contributed by atoms with Gasteiger partial charge >= 0.3 is 11.9 Å². The highest BCUT2D eigenvalue weighted by atomic mass is 16.6. The fourth-order valence-electron chi connectivity index (χ4n) is 4.03. The van der Waals surface area contributed by atoms with E-state index in [1.807, 2.05) is 49.4 Å². The van der Waals surface area contributed by atoms with Gasteiger partial charge in [0.15, 0.2) is 0 Å². The number of ether oxygens (including phenoxy) is 2. The van der Waals surface area contributed by atoms with Crippen LogP contribution in [0, 0.1) is 5.92 Å². The zero-order chi connectivity index (χ0) is 23.2. The fourth-order valence-corrected chi connectivity index (χ4v) is 4.03. The van der Waals surface area contributed by atoms with Crippen molar-refractivity contribution in [2.75, 3.05) is 0 Å². The van der Waals surface area contributed by atoms with E-state index in [0.717, 1.165) is 37.7 Å². The minimum atomic E-state index is -0.757. The summed E-state index contributed by atoms with van der Waals surface area (Å²) in [5.74, 6) is -0.714. The van der Waals surface area contributed by atoms with Crippen LogP contribution in [0.15, 0.2) is 42.5 Å². The highest BCUT2D eigenvalue weighted by Gasteiger charge is 2.43. The Hall–Kier alpha value is -2.63. The molecule has 1 aromatic rings. The maximum atomic E-state index is 12.9. The molecule has 2 rings (SSSR count). The van der Waals surface area contributed by atoms with Gasteiger partial charge in [-0.2, -0.15) is 0 Å². The molecule has 0 bridgehead atoms. The number of unbranched alkanes of at least 4 members (excludes halogenated alkanes) is 3. The van der Waals surface area contributed by atoms with Gasteiger partial charge in [0, 0.05) is 12.8 Å². The normalized spacial score (nSPS) is 19.6. The molecule has 0 radical (unpaired) electrons. The maximum absolute atomic E-state index is 12.9. The molecule has 0 spiro atoms. The first-order valence-electron chi connectivity index (χ1n) is 11.8. The number of hydrogen-bond donors (Lipinski definition) is 1. The summed E-state index contributed by atoms with van der Waals surface area (Å²) in [5, 5.41) is 2.59. The van der Waals surface area contributed by atoms with Gasteiger partial charge in [-0.05, 0) is 31.7 Å². The molecular formula is C26H37NO5. The van der Waals surface area contributed by atoms with Crippen molar-refractivity contribution in [2.24, 2.45) is 5.92 Å². The Kier molecular flexibility index (Phi) is 11.6. The molecular weight excluding hydrogens is 406 g/mol. The minimum Gasteiger partial charge on any atom is -0.461 e. The molecule has 1 saturated heterocycles. The van der Waals surface area contributed by atoms with E-state index in [0.29, 0.717) is 25.7 Å². The SMILES string of the molecule is C/C=C/CCC(CC1OC(=O)C1CCCCCC)OC(=O)[C@H](Cc1ccccc1)NC=O. The van der Waals surface area contributed by atoms with Crippen molar-refractivity contribution in [3.05, 3.63) is 48.0 Å². The average molecular weight is 444 g/mol. The van der Waals surface area contributed by atoms with Gasteiger partial charge in [-0.25, -0.2) is 4.79 Å². The lowest BCUT2D eigenvalue weighted by Gasteiger charge is -2.37. The first kappa shape index (κ1) is 25.6. The highest BCUT2D eigenvalue weighted by Crippen LogP contribution is 2.32. The number of amides is 1. The molecule has 3 unspecified atom stereocenters. The van der Waals surface area contributed by atoms with Gasteiger partial charge in [0.05, 0.1) is 5.92 Å². The number of benzene rings is 1. The first-order valence-corrected chi connectivity index (χ1v) is 11.8. The van der Waals surface area contributed by atoms with Gasteiger partial charge in [-0.1, -0.05) is 75.1 Å². The topological polar surface area (TPSA) is 81.7 Å². The quantitative estimate of drug-likeness (QED) is 0.176. The molecule has 0 aliphatic carbocycles. The lowest BCUT2D eigenvalue weighted by Crippen LogP contribution is -2.48. The van der Waals surface area contributed by atoms with Gasteiger partial charge in [-0.3, -0.25) is 9.59 Å². The highest BCUT2D eigenvalue weighted by molar-refractivity contribution is 5.79. The number of allylic oxidation sites excluding steroid dienone is 2. The fraction of sp³-hybridized carbons (Fsp3) is 0.577. The Balaban J connectivity index is 1.97. The molecule has 1 aliphatic rings. The largest absolute Gasteiger partial charge is 0.461 e. The predicted molar refractivity (Wildman–Crippen MR) is 124 cm³/mol. The van der Waals surface area contributed by atoms with E-state index in [1.165, 1.54) is 6.42 Å². The lowest BCUT2D eigenvalue weighted by molar-refractivity contribution is -0.190. The molecule has 1 fully saturated rings. The summed E-state index contributed by atoms with van der Waals surface area (Å²) in [6.45, 7) is 4.11. The molecule has 1 heterocycles. The first-order chi connectivity index (χ1) is 15.6. The number of carbonyl (C=O) groups is 3. The summed E-state index contributed by atoms with van der Waals surface area (Å²) in [6.07, 6.45) is 11.5. The Labute approximate surface area is 191 Å². The third-order valence-electron chi connectivity index (χ3n) is 5.89. The van der Waals surface area contributed by atoms with Crippen LogP contribution in [-0.2, 0) is 30.3 Å². The number of carbonyl (C=O) groups excluding carboxylic acids is 3. The number of cyclic esters (lactones) is 1. The Bertz CT molecular complexity index is 733. The monoisotopic (exact) mass is 443 g/mol. The van der Waals surface area contributed by atoms with E-state index >= 15 is 0 Å². The second-order valence-corrected chi connectivity index (χ2v) is 8.40. The number of rotatable bonds is 16. The van der Waals surface area contributed by atoms with Gasteiger partial charge in [0.2, 0.25) is 6.41 Å². The van der Waals surface area contributed by atoms with Gasteiger partial charge in [0.1, 0.15) is 18.2 Å². The molecule has 0 saturated carbocycles. The van der Waals surface area contributed by atoms with E-state index in [-0.39, 0.29) is 24.1 Å². The number of nitrogens with one attached hydrogen (secondary N) is 1. The molecule has 6 nitrogen and oxygen atoms in total. The van der Waals surface area contributed by atoms with Crippen molar-refractivity contribution in [2.45, 2.75) is 89.9 Å². The Morgan fingerprint density at radius 3 is 2.66 bits per heavy atom. The molecule has 1 amide bonds. The zero-order valence-corrected chi connectivity index (χ0v) is 19.3. The van der Waals surface area contributed by atoms with Crippen LogP contribution in [0.1, 0.15) is 70.8 Å². The second kappa shape index (κ2) is 14.4. The van der Waals surface area contributed by atoms with E-state index < -0.39 is 12.0 Å². The van der Waals surface area contributed by atoms with Crippen LogP contribution in [0.3, 0.4) is 0 Å². The molecule has 4 atom stereocenters. The smallest absolute Gasteiger partial charge is 0.329 e. The zero-order valence-electron chi connectivity index (χ0n) is 19.3. The van der Waals surface area contributed by atoms with Gasteiger partial charge < -0.3 is 14.8 Å². The molecule has 1 aromatic carbocycles. The average Bonchev–Trinajstić information content (AvgIpc) is 2.79. The molecule has 6 heteroatoms. The van der Waals surface area contributed by atoms with Crippen molar-refractivity contribution in [3.8, 4) is 0 Å². The maximum Gasteiger partial charge on any atom is 0.329 e. The van der Waals surface area contributed by atoms with Crippen LogP contribution in [0.5, 0.6) is 0 Å². The van der Waals surface area contributed by atoms with Crippen LogP contribution in [0.4, 0.5) is 0 Å². The Morgan fingerprint density at radius 2 is 2.00 bits per heavy atom. The standard InChI is InChI=1S/C26H37NO5/c1-3-5-7-12-16-22-24(32-25(22)29)18-21(15-9-6-4-2)31-26(30)23(27-19-28)17-20-13-10-8-11-14-20/h4,6,8,10-11,13-14,19,21-24H,3,5,7,9,12,15-18H2,1-2H3,(H,27,28)/b6-4+/t21?,22?,23-,24?/m0/s1. The summed E-state index contributed by atoms with van der Waals surface area (Å²) in [5.41, 5.74) is 0.939. The van der Waals surface area contributed by atoms with Crippen LogP contribution in [-0.4, -0.2) is 36.6 Å². The summed E-state index contributed by atoms with van der Waals surface area (Å²) in [7, 11) is 0. The van der Waals surface area contributed by atoms with Crippen LogP contribution < -0.4 is 5.32 Å². The van der Waals surface area contributed by atoms with E-state index in [9.17, 15) is 14.4 Å². The molecule has 1 N–H and O–H groups in total. The van der Waals surface area contributed by atoms with Crippen molar-refractivity contribution in [3.63, 3.8) is 0 Å². The van der Waals surface area contributed by atoms with E-state index in [2.05, 4.69) is 12.2 Å². The van der Waals surface area contributed by atoms with Crippen molar-refractivity contribution < 1.29 is 23.9 Å². The molecule has 32 heavy (non-hydrogen) atoms. The summed E-state index contributed by atoms with van der Waals surface area (Å²) < 4.78 is 11.2. The number of esters is 2. The lowest BCUT2D eigenvalue weighted by atomic mass is 9.86. The molecule has 176 valence electrons. The number of hydrogen-bond acceptors (Lipinski definition) is 5.